The van der Waals surface area contributed by atoms with Crippen molar-refractivity contribution < 1.29 is 9.28 Å². The van der Waals surface area contributed by atoms with E-state index in [0.717, 1.165) is 12.8 Å². The average Bonchev–Trinajstić information content (AvgIpc) is 2.15. The highest BCUT2D eigenvalue weighted by atomic mass is 127. The lowest BCUT2D eigenvalue weighted by atomic mass is 9.85. The number of halogens is 2. The number of hydrogen-bond acceptors (Lipinski definition) is 2. The van der Waals surface area contributed by atoms with Gasteiger partial charge in [-0.15, -0.1) is 10.0 Å². The maximum atomic E-state index is 12.2. The first-order valence-corrected chi connectivity index (χ1v) is 5.87. The molecule has 1 aliphatic rings. The van der Waals surface area contributed by atoms with Gasteiger partial charge in [0.15, 0.2) is 0 Å². The van der Waals surface area contributed by atoms with E-state index in [1.165, 1.54) is 19.3 Å². The lowest BCUT2D eigenvalue weighted by Gasteiger charge is -2.23. The topological polar surface area (TPSA) is 29.1 Å². The summed E-state index contributed by atoms with van der Waals surface area (Å²) >= 11 is 1.66. The molecule has 0 bridgehead atoms. The van der Waals surface area contributed by atoms with Gasteiger partial charge < -0.3 is 0 Å². The van der Waals surface area contributed by atoms with Crippen LogP contribution in [0.3, 0.4) is 0 Å². The predicted molar refractivity (Wildman–Crippen MR) is 58.3 cm³/mol. The Morgan fingerprint density at radius 1 is 1.46 bits per heavy atom. The van der Waals surface area contributed by atoms with E-state index in [1.807, 2.05) is 0 Å². The fraction of sp³-hybridized carbons (Fsp3) is 0.889. The fourth-order valence-corrected chi connectivity index (χ4v) is 2.31. The van der Waals surface area contributed by atoms with E-state index in [1.54, 1.807) is 28.1 Å². The predicted octanol–water partition coefficient (Wildman–Crippen LogP) is 2.76. The molecule has 2 nitrogen and oxygen atoms in total. The molecular weight excluding hydrogens is 284 g/mol. The Labute approximate surface area is 91.7 Å². The largest absolute Gasteiger partial charge is 0.286 e. The molecule has 0 unspecified atom stereocenters. The highest BCUT2D eigenvalue weighted by Gasteiger charge is 2.22. The summed E-state index contributed by atoms with van der Waals surface area (Å²) in [5.41, 5.74) is 1.59. The second-order valence-electron chi connectivity index (χ2n) is 3.71. The fourth-order valence-electron chi connectivity index (χ4n) is 1.94. The molecule has 0 spiro atoms. The van der Waals surface area contributed by atoms with Crippen LogP contribution in [0.25, 0.3) is 0 Å². The molecule has 0 aliphatic heterocycles. The summed E-state index contributed by atoms with van der Waals surface area (Å²) < 4.78 is 12.1. The van der Waals surface area contributed by atoms with Gasteiger partial charge in [-0.3, -0.25) is 4.79 Å². The minimum atomic E-state index is -0.580. The van der Waals surface area contributed by atoms with Gasteiger partial charge in [-0.05, 0) is 12.3 Å². The van der Waals surface area contributed by atoms with E-state index in [9.17, 15) is 9.28 Å². The third-order valence-electron chi connectivity index (χ3n) is 2.70. The van der Waals surface area contributed by atoms with Crippen molar-refractivity contribution in [3.05, 3.63) is 0 Å². The van der Waals surface area contributed by atoms with E-state index in [4.69, 9.17) is 0 Å². The van der Waals surface area contributed by atoms with Gasteiger partial charge >= 0.3 is 0 Å². The molecule has 0 saturated heterocycles. The Morgan fingerprint density at radius 2 is 2.08 bits per heavy atom. The molecule has 0 radical (unpaired) electrons. The summed E-state index contributed by atoms with van der Waals surface area (Å²) in [6, 6.07) is -0.580. The molecule has 1 aliphatic carbocycles. The first-order valence-electron chi connectivity index (χ1n) is 4.79. The third-order valence-corrected chi connectivity index (χ3v) is 3.45. The number of hydrogen-bond donors (Lipinski definition) is 1. The summed E-state index contributed by atoms with van der Waals surface area (Å²) in [5, 5.41) is 0. The van der Waals surface area contributed by atoms with Crippen LogP contribution in [0.4, 0.5) is 4.48 Å². The maximum absolute atomic E-state index is 12.2. The van der Waals surface area contributed by atoms with Crippen LogP contribution in [0.1, 0.15) is 38.5 Å². The molecule has 0 aromatic carbocycles. The van der Waals surface area contributed by atoms with Crippen molar-refractivity contribution in [1.29, 1.82) is 0 Å². The lowest BCUT2D eigenvalue weighted by molar-refractivity contribution is -0.112. The van der Waals surface area contributed by atoms with Crippen molar-refractivity contribution in [1.82, 2.24) is 5.54 Å². The average molecular weight is 299 g/mol. The Hall–Kier alpha value is 0.290. The van der Waals surface area contributed by atoms with Crippen LogP contribution in [-0.4, -0.2) is 9.83 Å². The monoisotopic (exact) mass is 299 g/mol. The maximum Gasteiger partial charge on any atom is 0.211 e. The van der Waals surface area contributed by atoms with Gasteiger partial charge in [0.05, 0.1) is 0 Å². The molecule has 1 N–H and O–H groups in total. The van der Waals surface area contributed by atoms with Crippen molar-refractivity contribution in [3.63, 3.8) is 0 Å². The molecule has 0 aromatic heterocycles. The van der Waals surface area contributed by atoms with Crippen LogP contribution < -0.4 is 5.54 Å². The molecule has 4 heteroatoms. The van der Waals surface area contributed by atoms with Crippen molar-refractivity contribution in [2.45, 2.75) is 44.6 Å². The van der Waals surface area contributed by atoms with Gasteiger partial charge in [0.1, 0.15) is 6.04 Å². The second kappa shape index (κ2) is 5.90. The molecule has 0 heterocycles. The normalized spacial score (nSPS) is 21.4. The Bertz CT molecular complexity index is 171. The summed E-state index contributed by atoms with van der Waals surface area (Å²) in [4.78, 5) is 10.9. The molecule has 0 aromatic rings. The van der Waals surface area contributed by atoms with E-state index in [0.29, 0.717) is 12.3 Å². The van der Waals surface area contributed by atoms with Crippen LogP contribution in [0, 0.1) is 5.92 Å². The van der Waals surface area contributed by atoms with Crippen LogP contribution >= 0.6 is 22.6 Å². The first kappa shape index (κ1) is 11.4. The zero-order chi connectivity index (χ0) is 9.68. The van der Waals surface area contributed by atoms with Gasteiger partial charge in [-0.25, -0.2) is 0 Å². The van der Waals surface area contributed by atoms with Crippen LogP contribution in [0.15, 0.2) is 0 Å². The van der Waals surface area contributed by atoms with Gasteiger partial charge in [-0.2, -0.15) is 0 Å². The second-order valence-corrected chi connectivity index (χ2v) is 4.77. The smallest absolute Gasteiger partial charge is 0.211 e. The molecule has 0 amide bonds. The summed E-state index contributed by atoms with van der Waals surface area (Å²) in [7, 11) is 0. The molecule has 1 fully saturated rings. The zero-order valence-corrected chi connectivity index (χ0v) is 9.72. The minimum Gasteiger partial charge on any atom is -0.286 e. The molecule has 1 saturated carbocycles. The van der Waals surface area contributed by atoms with Gasteiger partial charge in [0.2, 0.25) is 3.79 Å². The number of carbonyl (C=O) groups is 1. The standard InChI is InChI=1S/C9H15FINO/c10-12-8(9(11)13)6-7-4-2-1-3-5-7/h7-8,12H,1-6H2/t8-/m1/s1. The highest BCUT2D eigenvalue weighted by Crippen LogP contribution is 2.27. The molecule has 76 valence electrons. The molecule has 1 atom stereocenters. The van der Waals surface area contributed by atoms with Crippen LogP contribution in [0.2, 0.25) is 0 Å². The number of rotatable bonds is 4. The van der Waals surface area contributed by atoms with Crippen molar-refractivity contribution in [3.8, 4) is 0 Å². The Morgan fingerprint density at radius 3 is 2.54 bits per heavy atom. The lowest BCUT2D eigenvalue weighted by Crippen LogP contribution is -2.31. The van der Waals surface area contributed by atoms with E-state index < -0.39 is 6.04 Å². The third kappa shape index (κ3) is 3.89. The Balaban J connectivity index is 2.31. The number of carbonyl (C=O) groups excluding carboxylic acids is 1. The first-order chi connectivity index (χ1) is 6.24. The van der Waals surface area contributed by atoms with E-state index in [2.05, 4.69) is 0 Å². The number of nitrogens with one attached hydrogen (secondary N) is 1. The van der Waals surface area contributed by atoms with E-state index >= 15 is 0 Å². The van der Waals surface area contributed by atoms with Crippen molar-refractivity contribution in [2.75, 3.05) is 0 Å². The summed E-state index contributed by atoms with van der Waals surface area (Å²) in [5.74, 6) is 0.542. The van der Waals surface area contributed by atoms with Gasteiger partial charge in [0.25, 0.3) is 0 Å². The molecule has 1 rings (SSSR count). The summed E-state index contributed by atoms with van der Waals surface area (Å²) in [6.07, 6.45) is 6.74. The molecule has 13 heavy (non-hydrogen) atoms. The van der Waals surface area contributed by atoms with Crippen molar-refractivity contribution in [2.24, 2.45) is 5.92 Å². The SMILES string of the molecule is O=C(I)[C@@H](CC1CCCCC1)NF. The minimum absolute atomic E-state index is 0.120. The van der Waals surface area contributed by atoms with Crippen molar-refractivity contribution >= 4 is 26.4 Å². The zero-order valence-electron chi connectivity index (χ0n) is 7.56. The van der Waals surface area contributed by atoms with E-state index in [-0.39, 0.29) is 3.79 Å². The summed E-state index contributed by atoms with van der Waals surface area (Å²) in [6.45, 7) is 0. The van der Waals surface area contributed by atoms with Crippen LogP contribution in [0.5, 0.6) is 0 Å². The molecular formula is C9H15FINO. The Kier molecular flexibility index (Phi) is 5.16. The highest BCUT2D eigenvalue weighted by molar-refractivity contribution is 14.1. The van der Waals surface area contributed by atoms with Gasteiger partial charge in [0, 0.05) is 22.6 Å². The van der Waals surface area contributed by atoms with Crippen LogP contribution in [-0.2, 0) is 4.79 Å². The quantitative estimate of drug-likeness (QED) is 0.491. The van der Waals surface area contributed by atoms with Gasteiger partial charge in [-0.1, -0.05) is 32.1 Å².